The molecule has 0 spiro atoms. The van der Waals surface area contributed by atoms with Gasteiger partial charge < -0.3 is 4.74 Å². The van der Waals surface area contributed by atoms with Crippen LogP contribution in [0.25, 0.3) is 5.65 Å². The van der Waals surface area contributed by atoms with Crippen molar-refractivity contribution in [1.29, 1.82) is 0 Å². The van der Waals surface area contributed by atoms with Crippen LogP contribution in [0.1, 0.15) is 5.56 Å². The van der Waals surface area contributed by atoms with Gasteiger partial charge in [0.25, 0.3) is 15.2 Å². The van der Waals surface area contributed by atoms with Gasteiger partial charge in [0, 0.05) is 6.20 Å². The number of sulfonamides is 1. The second-order valence-corrected chi connectivity index (χ2v) is 6.56. The number of anilines is 1. The minimum atomic E-state index is -4.23. The second-order valence-electron chi connectivity index (χ2n) is 4.62. The fourth-order valence-corrected chi connectivity index (χ4v) is 3.21. The summed E-state index contributed by atoms with van der Waals surface area (Å²) in [7, 11) is -2.95. The molecule has 9 nitrogen and oxygen atoms in total. The molecule has 0 fully saturated rings. The molecule has 3 aromatic heterocycles. The highest BCUT2D eigenvalue weighted by atomic mass is 35.5. The van der Waals surface area contributed by atoms with Crippen molar-refractivity contribution in [3.63, 3.8) is 0 Å². The van der Waals surface area contributed by atoms with Gasteiger partial charge in [0.2, 0.25) is 0 Å². The Hall–Kier alpha value is -2.53. The number of pyridine rings is 1. The first-order chi connectivity index (χ1) is 11.3. The predicted molar refractivity (Wildman–Crippen MR) is 82.1 cm³/mol. The fraction of sp³-hybridized carbons (Fsp3) is 0.167. The number of nitrogens with zero attached hydrogens (tertiary/aromatic N) is 5. The molecule has 126 valence electrons. The van der Waals surface area contributed by atoms with Gasteiger partial charge in [-0.25, -0.2) is 14.4 Å². The highest BCUT2D eigenvalue weighted by molar-refractivity contribution is 7.92. The Morgan fingerprint density at radius 3 is 2.79 bits per heavy atom. The minimum absolute atomic E-state index is 0.0345. The van der Waals surface area contributed by atoms with Crippen LogP contribution in [0.5, 0.6) is 6.01 Å². The molecule has 0 saturated carbocycles. The van der Waals surface area contributed by atoms with E-state index in [1.54, 1.807) is 13.0 Å². The van der Waals surface area contributed by atoms with Crippen LogP contribution in [0, 0.1) is 12.7 Å². The summed E-state index contributed by atoms with van der Waals surface area (Å²) in [6.07, 6.45) is 2.29. The van der Waals surface area contributed by atoms with Crippen LogP contribution in [0.3, 0.4) is 0 Å². The van der Waals surface area contributed by atoms with Gasteiger partial charge in [0.05, 0.1) is 19.0 Å². The third-order valence-electron chi connectivity index (χ3n) is 3.04. The number of ether oxygens (including phenoxy) is 1. The third kappa shape index (κ3) is 2.71. The van der Waals surface area contributed by atoms with Crippen LogP contribution in [-0.4, -0.2) is 40.1 Å². The molecule has 0 aromatic carbocycles. The fourth-order valence-electron chi connectivity index (χ4n) is 1.89. The number of nitrogens with one attached hydrogen (secondary N) is 1. The molecule has 0 saturated heterocycles. The largest absolute Gasteiger partial charge is 0.467 e. The van der Waals surface area contributed by atoms with Crippen LogP contribution in [0.2, 0.25) is 5.15 Å². The summed E-state index contributed by atoms with van der Waals surface area (Å²) in [5, 5.41) is 3.04. The lowest BCUT2D eigenvalue weighted by Gasteiger charge is -2.08. The number of halogens is 2. The molecule has 0 radical (unpaired) electrons. The SMILES string of the molecule is COc1ncc(F)c2nc(S(=O)(=O)Nc3c(C)ccnc3Cl)nn12. The maximum Gasteiger partial charge on any atom is 0.319 e. The molecule has 3 heterocycles. The molecule has 0 unspecified atom stereocenters. The van der Waals surface area contributed by atoms with Crippen LogP contribution >= 0.6 is 11.6 Å². The summed E-state index contributed by atoms with van der Waals surface area (Å²) < 4.78 is 46.7. The van der Waals surface area contributed by atoms with Crippen LogP contribution < -0.4 is 9.46 Å². The van der Waals surface area contributed by atoms with E-state index in [1.165, 1.54) is 13.3 Å². The topological polar surface area (TPSA) is 111 Å². The molecule has 0 amide bonds. The minimum Gasteiger partial charge on any atom is -0.467 e. The van der Waals surface area contributed by atoms with Crippen molar-refractivity contribution in [2.24, 2.45) is 0 Å². The Bertz CT molecular complexity index is 1020. The van der Waals surface area contributed by atoms with Crippen molar-refractivity contribution in [3.05, 3.63) is 35.0 Å². The van der Waals surface area contributed by atoms with Crippen molar-refractivity contribution in [3.8, 4) is 6.01 Å². The first kappa shape index (κ1) is 16.3. The highest BCUT2D eigenvalue weighted by Gasteiger charge is 2.25. The van der Waals surface area contributed by atoms with E-state index in [0.29, 0.717) is 5.56 Å². The highest BCUT2D eigenvalue weighted by Crippen LogP contribution is 2.25. The first-order valence-electron chi connectivity index (χ1n) is 6.42. The van der Waals surface area contributed by atoms with Gasteiger partial charge in [-0.15, -0.1) is 5.10 Å². The second kappa shape index (κ2) is 5.83. The normalized spacial score (nSPS) is 11.7. The molecule has 3 rings (SSSR count). The van der Waals surface area contributed by atoms with Gasteiger partial charge in [-0.2, -0.15) is 17.9 Å². The Labute approximate surface area is 140 Å². The van der Waals surface area contributed by atoms with Crippen molar-refractivity contribution in [2.75, 3.05) is 11.8 Å². The molecule has 0 atom stereocenters. The van der Waals surface area contributed by atoms with Crippen molar-refractivity contribution >= 4 is 33.0 Å². The van der Waals surface area contributed by atoms with E-state index >= 15 is 0 Å². The molecular formula is C12H10ClFN6O3S. The molecule has 0 aliphatic carbocycles. The number of rotatable bonds is 4. The summed E-state index contributed by atoms with van der Waals surface area (Å²) in [4.78, 5) is 11.1. The van der Waals surface area contributed by atoms with E-state index in [-0.39, 0.29) is 22.5 Å². The summed E-state index contributed by atoms with van der Waals surface area (Å²) >= 11 is 5.90. The number of aryl methyl sites for hydroxylation is 1. The van der Waals surface area contributed by atoms with E-state index in [1.807, 2.05) is 0 Å². The number of aromatic nitrogens is 5. The predicted octanol–water partition coefficient (Wildman–Crippen LogP) is 1.43. The van der Waals surface area contributed by atoms with Gasteiger partial charge in [-0.1, -0.05) is 11.6 Å². The Morgan fingerprint density at radius 2 is 2.12 bits per heavy atom. The lowest BCUT2D eigenvalue weighted by molar-refractivity contribution is 0.363. The van der Waals surface area contributed by atoms with E-state index in [9.17, 15) is 12.8 Å². The summed E-state index contributed by atoms with van der Waals surface area (Å²) in [5.74, 6) is -0.847. The Morgan fingerprint density at radius 1 is 1.38 bits per heavy atom. The molecule has 0 aliphatic heterocycles. The molecule has 0 aliphatic rings. The van der Waals surface area contributed by atoms with E-state index < -0.39 is 21.0 Å². The summed E-state index contributed by atoms with van der Waals surface area (Å²) in [5.41, 5.74) is 0.299. The first-order valence-corrected chi connectivity index (χ1v) is 8.29. The van der Waals surface area contributed by atoms with E-state index in [4.69, 9.17) is 16.3 Å². The molecule has 24 heavy (non-hydrogen) atoms. The average molecular weight is 373 g/mol. The van der Waals surface area contributed by atoms with E-state index in [0.717, 1.165) is 10.7 Å². The summed E-state index contributed by atoms with van der Waals surface area (Å²) in [6, 6.07) is 1.46. The van der Waals surface area contributed by atoms with Gasteiger partial charge in [0.15, 0.2) is 16.6 Å². The van der Waals surface area contributed by atoms with Crippen molar-refractivity contribution in [1.82, 2.24) is 24.6 Å². The number of hydrogen-bond acceptors (Lipinski definition) is 7. The third-order valence-corrected chi connectivity index (χ3v) is 4.46. The standard InChI is InChI=1S/C12H10ClFN6O3S/c1-6-3-4-15-9(13)8(6)19-24(21,22)11-17-10-7(14)5-16-12(23-2)20(10)18-11/h3-5,19H,1-2H3. The van der Waals surface area contributed by atoms with Gasteiger partial charge >= 0.3 is 6.01 Å². The Kier molecular flexibility index (Phi) is 3.97. The Balaban J connectivity index is 2.11. The van der Waals surface area contributed by atoms with Crippen LogP contribution in [0.15, 0.2) is 23.6 Å². The van der Waals surface area contributed by atoms with Crippen molar-refractivity contribution in [2.45, 2.75) is 12.1 Å². The number of methoxy groups -OCH3 is 1. The molecular weight excluding hydrogens is 363 g/mol. The monoisotopic (exact) mass is 372 g/mol. The quantitative estimate of drug-likeness (QED) is 0.689. The molecule has 0 bridgehead atoms. The summed E-state index contributed by atoms with van der Waals surface area (Å²) in [6.45, 7) is 1.65. The molecule has 12 heteroatoms. The van der Waals surface area contributed by atoms with Crippen LogP contribution in [-0.2, 0) is 10.0 Å². The molecule has 1 N–H and O–H groups in total. The zero-order chi connectivity index (χ0) is 17.5. The van der Waals surface area contributed by atoms with Crippen LogP contribution in [0.4, 0.5) is 10.1 Å². The average Bonchev–Trinajstić information content (AvgIpc) is 2.99. The maximum atomic E-state index is 13.8. The van der Waals surface area contributed by atoms with Gasteiger partial charge in [-0.3, -0.25) is 4.72 Å². The van der Waals surface area contributed by atoms with Crippen molar-refractivity contribution < 1.29 is 17.5 Å². The lowest BCUT2D eigenvalue weighted by atomic mass is 10.3. The zero-order valence-corrected chi connectivity index (χ0v) is 13.9. The lowest BCUT2D eigenvalue weighted by Crippen LogP contribution is -2.16. The number of fused-ring (bicyclic) bond motifs is 1. The van der Waals surface area contributed by atoms with E-state index in [2.05, 4.69) is 24.8 Å². The maximum absolute atomic E-state index is 13.8. The zero-order valence-electron chi connectivity index (χ0n) is 12.4. The number of hydrogen-bond donors (Lipinski definition) is 1. The van der Waals surface area contributed by atoms with Gasteiger partial charge in [-0.05, 0) is 18.6 Å². The molecule has 3 aromatic rings. The van der Waals surface area contributed by atoms with Gasteiger partial charge in [0.1, 0.15) is 0 Å². The smallest absolute Gasteiger partial charge is 0.319 e.